The molecule has 0 saturated heterocycles. The van der Waals surface area contributed by atoms with Crippen LogP contribution in [0.2, 0.25) is 0 Å². The van der Waals surface area contributed by atoms with Gasteiger partial charge in [-0.15, -0.1) is 0 Å². The summed E-state index contributed by atoms with van der Waals surface area (Å²) in [7, 11) is -3.76. The number of nitro benzene ring substituents is 1. The molecule has 0 unspecified atom stereocenters. The minimum absolute atomic E-state index is 0.00882. The van der Waals surface area contributed by atoms with Gasteiger partial charge in [-0.1, -0.05) is 0 Å². The predicted molar refractivity (Wildman–Crippen MR) is 73.8 cm³/mol. The summed E-state index contributed by atoms with van der Waals surface area (Å²) in [6.45, 7) is 4.02. The van der Waals surface area contributed by atoms with Crippen molar-refractivity contribution in [1.82, 2.24) is 4.72 Å². The van der Waals surface area contributed by atoms with E-state index in [1.54, 1.807) is 0 Å². The van der Waals surface area contributed by atoms with Gasteiger partial charge in [0.15, 0.2) is 0 Å². The lowest BCUT2D eigenvalue weighted by Crippen LogP contribution is -2.28. The van der Waals surface area contributed by atoms with Gasteiger partial charge >= 0.3 is 0 Å². The number of hydrogen-bond donors (Lipinski definition) is 2. The molecule has 0 spiro atoms. The van der Waals surface area contributed by atoms with E-state index in [-0.39, 0.29) is 35.5 Å². The maximum absolute atomic E-state index is 11.9. The summed E-state index contributed by atoms with van der Waals surface area (Å²) in [4.78, 5) is 9.81. The number of hydrogen-bond acceptors (Lipinski definition) is 6. The van der Waals surface area contributed by atoms with Crippen LogP contribution in [0.3, 0.4) is 0 Å². The van der Waals surface area contributed by atoms with Crippen molar-refractivity contribution in [2.75, 3.05) is 18.9 Å². The highest BCUT2D eigenvalue weighted by atomic mass is 32.2. The molecule has 9 heteroatoms. The lowest BCUT2D eigenvalue weighted by atomic mass is 10.3. The molecule has 0 aliphatic rings. The van der Waals surface area contributed by atoms with Gasteiger partial charge in [0.1, 0.15) is 5.69 Å². The molecule has 112 valence electrons. The van der Waals surface area contributed by atoms with E-state index in [9.17, 15) is 18.5 Å². The van der Waals surface area contributed by atoms with Gasteiger partial charge in [-0.25, -0.2) is 13.1 Å². The number of rotatable bonds is 7. The first-order valence-electron chi connectivity index (χ1n) is 5.89. The third kappa shape index (κ3) is 4.44. The van der Waals surface area contributed by atoms with Crippen LogP contribution in [-0.2, 0) is 14.8 Å². The van der Waals surface area contributed by atoms with Crippen molar-refractivity contribution in [3.8, 4) is 0 Å². The molecular weight excluding hydrogens is 286 g/mol. The molecule has 0 aliphatic carbocycles. The van der Waals surface area contributed by atoms with Crippen LogP contribution < -0.4 is 10.5 Å². The Morgan fingerprint density at radius 1 is 1.45 bits per heavy atom. The van der Waals surface area contributed by atoms with Gasteiger partial charge in [0.25, 0.3) is 5.69 Å². The Morgan fingerprint density at radius 3 is 2.60 bits per heavy atom. The van der Waals surface area contributed by atoms with Gasteiger partial charge in [0.2, 0.25) is 10.0 Å². The second-order valence-corrected chi connectivity index (χ2v) is 6.06. The van der Waals surface area contributed by atoms with Gasteiger partial charge in [0, 0.05) is 12.6 Å². The summed E-state index contributed by atoms with van der Waals surface area (Å²) < 4.78 is 31.4. The van der Waals surface area contributed by atoms with Crippen molar-refractivity contribution in [2.24, 2.45) is 0 Å². The summed E-state index contributed by atoms with van der Waals surface area (Å²) in [6.07, 6.45) is 0.00882. The molecule has 1 aromatic carbocycles. The highest BCUT2D eigenvalue weighted by Crippen LogP contribution is 2.24. The molecule has 20 heavy (non-hydrogen) atoms. The maximum atomic E-state index is 11.9. The minimum Gasteiger partial charge on any atom is -0.393 e. The quantitative estimate of drug-likeness (QED) is 0.333. The Labute approximate surface area is 117 Å². The molecule has 8 nitrogen and oxygen atoms in total. The van der Waals surface area contributed by atoms with Crippen LogP contribution in [0.1, 0.15) is 13.8 Å². The second kappa shape index (κ2) is 6.64. The lowest BCUT2D eigenvalue weighted by Gasteiger charge is -2.09. The Balaban J connectivity index is 2.78. The number of nitrogen functional groups attached to an aromatic ring is 1. The van der Waals surface area contributed by atoms with Gasteiger partial charge in [-0.2, -0.15) is 0 Å². The Bertz CT molecular complexity index is 586. The number of nitrogens with zero attached hydrogens (tertiary/aromatic N) is 1. The summed E-state index contributed by atoms with van der Waals surface area (Å²) in [5, 5.41) is 10.6. The molecule has 0 heterocycles. The van der Waals surface area contributed by atoms with Crippen molar-refractivity contribution in [1.29, 1.82) is 0 Å². The molecular formula is C11H17N3O5S. The lowest BCUT2D eigenvalue weighted by molar-refractivity contribution is -0.383. The van der Waals surface area contributed by atoms with E-state index in [1.807, 2.05) is 13.8 Å². The first-order chi connectivity index (χ1) is 9.24. The first-order valence-corrected chi connectivity index (χ1v) is 7.37. The molecule has 3 N–H and O–H groups in total. The highest BCUT2D eigenvalue weighted by Gasteiger charge is 2.18. The third-order valence-electron chi connectivity index (χ3n) is 2.35. The molecule has 1 rings (SSSR count). The minimum atomic E-state index is -3.76. The maximum Gasteiger partial charge on any atom is 0.292 e. The van der Waals surface area contributed by atoms with E-state index < -0.39 is 14.9 Å². The summed E-state index contributed by atoms with van der Waals surface area (Å²) in [6, 6.07) is 3.26. The number of anilines is 1. The molecule has 0 radical (unpaired) electrons. The van der Waals surface area contributed by atoms with Gasteiger partial charge in [-0.3, -0.25) is 10.1 Å². The number of ether oxygens (including phenoxy) is 1. The standard InChI is InChI=1S/C11H17N3O5S/c1-8(2)19-6-5-13-20(17,18)9-3-4-11(14(15)16)10(12)7-9/h3-4,7-8,13H,5-6,12H2,1-2H3. The van der Waals surface area contributed by atoms with Gasteiger partial charge in [-0.05, 0) is 26.0 Å². The fraction of sp³-hybridized carbons (Fsp3) is 0.455. The smallest absolute Gasteiger partial charge is 0.292 e. The average Bonchev–Trinajstić information content (AvgIpc) is 2.34. The second-order valence-electron chi connectivity index (χ2n) is 4.30. The molecule has 0 aromatic heterocycles. The molecule has 0 fully saturated rings. The van der Waals surface area contributed by atoms with Crippen LogP contribution in [-0.4, -0.2) is 32.6 Å². The zero-order valence-corrected chi connectivity index (χ0v) is 12.0. The number of benzene rings is 1. The number of nitrogens with one attached hydrogen (secondary N) is 1. The third-order valence-corrected chi connectivity index (χ3v) is 3.81. The molecule has 0 atom stereocenters. The molecule has 0 aliphatic heterocycles. The van der Waals surface area contributed by atoms with E-state index in [4.69, 9.17) is 10.5 Å². The van der Waals surface area contributed by atoms with Gasteiger partial charge in [0.05, 0.1) is 22.5 Å². The van der Waals surface area contributed by atoms with E-state index in [0.29, 0.717) is 0 Å². The molecule has 0 bridgehead atoms. The van der Waals surface area contributed by atoms with Crippen LogP contribution in [0.5, 0.6) is 0 Å². The monoisotopic (exact) mass is 303 g/mol. The SMILES string of the molecule is CC(C)OCCNS(=O)(=O)c1ccc([N+](=O)[O-])c(N)c1. The average molecular weight is 303 g/mol. The number of sulfonamides is 1. The van der Waals surface area contributed by atoms with Crippen molar-refractivity contribution < 1.29 is 18.1 Å². The van der Waals surface area contributed by atoms with Crippen LogP contribution >= 0.6 is 0 Å². The van der Waals surface area contributed by atoms with Crippen LogP contribution in [0.4, 0.5) is 11.4 Å². The summed E-state index contributed by atoms with van der Waals surface area (Å²) in [5.41, 5.74) is 4.93. The number of nitrogens with two attached hydrogens (primary N) is 1. The van der Waals surface area contributed by atoms with E-state index >= 15 is 0 Å². The fourth-order valence-electron chi connectivity index (χ4n) is 1.42. The Hall–Kier alpha value is -1.71. The van der Waals surface area contributed by atoms with Crippen molar-refractivity contribution in [3.05, 3.63) is 28.3 Å². The van der Waals surface area contributed by atoms with Crippen molar-refractivity contribution in [2.45, 2.75) is 24.8 Å². The molecule has 0 amide bonds. The summed E-state index contributed by atoms with van der Waals surface area (Å²) >= 11 is 0. The zero-order valence-electron chi connectivity index (χ0n) is 11.2. The highest BCUT2D eigenvalue weighted by molar-refractivity contribution is 7.89. The van der Waals surface area contributed by atoms with Crippen molar-refractivity contribution in [3.63, 3.8) is 0 Å². The molecule has 1 aromatic rings. The summed E-state index contributed by atoms with van der Waals surface area (Å²) in [5.74, 6) is 0. The Kier molecular flexibility index (Phi) is 5.43. The largest absolute Gasteiger partial charge is 0.393 e. The predicted octanol–water partition coefficient (Wildman–Crippen LogP) is 0.880. The van der Waals surface area contributed by atoms with Gasteiger partial charge < -0.3 is 10.5 Å². The topological polar surface area (TPSA) is 125 Å². The normalized spacial score (nSPS) is 11.8. The first kappa shape index (κ1) is 16.3. The fourth-order valence-corrected chi connectivity index (χ4v) is 2.47. The van der Waals surface area contributed by atoms with E-state index in [0.717, 1.165) is 18.2 Å². The van der Waals surface area contributed by atoms with Crippen LogP contribution in [0, 0.1) is 10.1 Å². The molecule has 0 saturated carbocycles. The number of nitro groups is 1. The van der Waals surface area contributed by atoms with Crippen LogP contribution in [0.15, 0.2) is 23.1 Å². The van der Waals surface area contributed by atoms with Crippen molar-refractivity contribution >= 4 is 21.4 Å². The zero-order chi connectivity index (χ0) is 15.3. The van der Waals surface area contributed by atoms with Crippen LogP contribution in [0.25, 0.3) is 0 Å². The van der Waals surface area contributed by atoms with E-state index in [1.165, 1.54) is 0 Å². The Morgan fingerprint density at radius 2 is 2.10 bits per heavy atom. The van der Waals surface area contributed by atoms with E-state index in [2.05, 4.69) is 4.72 Å².